The van der Waals surface area contributed by atoms with Crippen molar-refractivity contribution in [3.05, 3.63) is 0 Å². The van der Waals surface area contributed by atoms with Crippen LogP contribution in [0, 0.1) is 0 Å². The van der Waals surface area contributed by atoms with Gasteiger partial charge in [-0.05, 0) is 25.8 Å². The second-order valence-corrected chi connectivity index (χ2v) is 6.14. The molecule has 2 atom stereocenters. The van der Waals surface area contributed by atoms with Gasteiger partial charge in [0.25, 0.3) is 0 Å². The molecule has 3 heterocycles. The van der Waals surface area contributed by atoms with E-state index in [4.69, 9.17) is 5.11 Å². The number of aliphatic hydroxyl groups excluding tert-OH is 1. The average Bonchev–Trinajstić information content (AvgIpc) is 2.84. The van der Waals surface area contributed by atoms with Crippen LogP contribution in [0.5, 0.6) is 0 Å². The van der Waals surface area contributed by atoms with Gasteiger partial charge in [0.2, 0.25) is 0 Å². The van der Waals surface area contributed by atoms with E-state index in [1.54, 1.807) is 0 Å². The Labute approximate surface area is 111 Å². The number of hydrogen-bond acceptors (Lipinski definition) is 4. The van der Waals surface area contributed by atoms with Crippen molar-refractivity contribution >= 4 is 0 Å². The SMILES string of the molecule is OCCN1CCN(C2CC3CCCCN3C2)CC1. The van der Waals surface area contributed by atoms with Gasteiger partial charge in [-0.3, -0.25) is 14.7 Å². The Bertz CT molecular complexity index is 252. The minimum Gasteiger partial charge on any atom is -0.395 e. The molecule has 0 aromatic heterocycles. The highest BCUT2D eigenvalue weighted by atomic mass is 16.3. The second kappa shape index (κ2) is 5.87. The number of hydrogen-bond donors (Lipinski definition) is 1. The molecule has 4 heteroatoms. The summed E-state index contributed by atoms with van der Waals surface area (Å²) in [5, 5.41) is 8.97. The maximum Gasteiger partial charge on any atom is 0.0558 e. The fraction of sp³-hybridized carbons (Fsp3) is 1.00. The quantitative estimate of drug-likeness (QED) is 0.779. The maximum absolute atomic E-state index is 8.97. The van der Waals surface area contributed by atoms with E-state index in [0.29, 0.717) is 6.61 Å². The molecule has 3 aliphatic heterocycles. The van der Waals surface area contributed by atoms with Crippen LogP contribution in [0.15, 0.2) is 0 Å². The van der Waals surface area contributed by atoms with Crippen LogP contribution in [0.2, 0.25) is 0 Å². The third-order valence-corrected chi connectivity index (χ3v) is 5.08. The summed E-state index contributed by atoms with van der Waals surface area (Å²) in [6, 6.07) is 1.70. The summed E-state index contributed by atoms with van der Waals surface area (Å²) in [7, 11) is 0. The van der Waals surface area contributed by atoms with Crippen LogP contribution < -0.4 is 0 Å². The van der Waals surface area contributed by atoms with Crippen molar-refractivity contribution in [2.45, 2.75) is 37.8 Å². The standard InChI is InChI=1S/C14H27N3O/c18-10-9-15-5-7-16(8-6-15)14-11-13-3-1-2-4-17(13)12-14/h13-14,18H,1-12H2. The maximum atomic E-state index is 8.97. The van der Waals surface area contributed by atoms with Gasteiger partial charge in [-0.2, -0.15) is 0 Å². The molecule has 4 nitrogen and oxygen atoms in total. The van der Waals surface area contributed by atoms with Crippen molar-refractivity contribution in [2.24, 2.45) is 0 Å². The molecule has 0 amide bonds. The molecule has 0 radical (unpaired) electrons. The van der Waals surface area contributed by atoms with Crippen LogP contribution in [-0.2, 0) is 0 Å². The smallest absolute Gasteiger partial charge is 0.0558 e. The van der Waals surface area contributed by atoms with Gasteiger partial charge in [0.05, 0.1) is 6.61 Å². The normalized spacial score (nSPS) is 35.8. The molecule has 2 unspecified atom stereocenters. The van der Waals surface area contributed by atoms with Crippen LogP contribution in [0.1, 0.15) is 25.7 Å². The van der Waals surface area contributed by atoms with Gasteiger partial charge >= 0.3 is 0 Å². The topological polar surface area (TPSA) is 30.0 Å². The van der Waals surface area contributed by atoms with Crippen molar-refractivity contribution in [2.75, 3.05) is 52.4 Å². The number of β-amino-alcohol motifs (C(OH)–C–C–N with tert-alkyl or cyclic N) is 1. The summed E-state index contributed by atoms with van der Waals surface area (Å²) in [6.07, 6.45) is 5.69. The van der Waals surface area contributed by atoms with Crippen LogP contribution in [-0.4, -0.2) is 84.3 Å². The van der Waals surface area contributed by atoms with E-state index < -0.39 is 0 Å². The first kappa shape index (κ1) is 12.9. The molecule has 104 valence electrons. The molecule has 0 aliphatic carbocycles. The highest BCUT2D eigenvalue weighted by Crippen LogP contribution is 2.29. The summed E-state index contributed by atoms with van der Waals surface area (Å²) in [6.45, 7) is 8.49. The van der Waals surface area contributed by atoms with Crippen LogP contribution in [0.25, 0.3) is 0 Å². The fourth-order valence-electron chi connectivity index (χ4n) is 3.98. The number of nitrogens with zero attached hydrogens (tertiary/aromatic N) is 3. The molecule has 0 saturated carbocycles. The first-order valence-electron chi connectivity index (χ1n) is 7.68. The summed E-state index contributed by atoms with van der Waals surface area (Å²) in [5.74, 6) is 0. The molecule has 3 aliphatic rings. The lowest BCUT2D eigenvalue weighted by molar-refractivity contribution is 0.0852. The molecule has 0 aromatic carbocycles. The predicted molar refractivity (Wildman–Crippen MR) is 72.7 cm³/mol. The van der Waals surface area contributed by atoms with Crippen molar-refractivity contribution in [1.82, 2.24) is 14.7 Å². The zero-order valence-corrected chi connectivity index (χ0v) is 11.4. The van der Waals surface area contributed by atoms with E-state index in [9.17, 15) is 0 Å². The van der Waals surface area contributed by atoms with E-state index in [1.807, 2.05) is 0 Å². The molecule has 0 spiro atoms. The Morgan fingerprint density at radius 3 is 2.44 bits per heavy atom. The lowest BCUT2D eigenvalue weighted by Gasteiger charge is -2.37. The van der Waals surface area contributed by atoms with Crippen LogP contribution in [0.3, 0.4) is 0 Å². The van der Waals surface area contributed by atoms with Crippen molar-refractivity contribution in [3.8, 4) is 0 Å². The van der Waals surface area contributed by atoms with E-state index in [2.05, 4.69) is 14.7 Å². The lowest BCUT2D eigenvalue weighted by Crippen LogP contribution is -2.51. The zero-order chi connectivity index (χ0) is 12.4. The summed E-state index contributed by atoms with van der Waals surface area (Å²) < 4.78 is 0. The van der Waals surface area contributed by atoms with Gasteiger partial charge in [-0.15, -0.1) is 0 Å². The van der Waals surface area contributed by atoms with E-state index in [-0.39, 0.29) is 0 Å². The highest BCUT2D eigenvalue weighted by Gasteiger charge is 2.36. The fourth-order valence-corrected chi connectivity index (χ4v) is 3.98. The van der Waals surface area contributed by atoms with Crippen molar-refractivity contribution in [1.29, 1.82) is 0 Å². The molecule has 0 aromatic rings. The first-order valence-corrected chi connectivity index (χ1v) is 7.68. The lowest BCUT2D eigenvalue weighted by atomic mass is 10.0. The average molecular weight is 253 g/mol. The first-order chi connectivity index (χ1) is 8.86. The van der Waals surface area contributed by atoms with Gasteiger partial charge in [-0.1, -0.05) is 6.42 Å². The number of fused-ring (bicyclic) bond motifs is 1. The molecule has 18 heavy (non-hydrogen) atoms. The summed E-state index contributed by atoms with van der Waals surface area (Å²) >= 11 is 0. The van der Waals surface area contributed by atoms with Gasteiger partial charge in [0.1, 0.15) is 0 Å². The van der Waals surface area contributed by atoms with E-state index in [0.717, 1.165) is 31.7 Å². The molecular formula is C14H27N3O. The Hall–Kier alpha value is -0.160. The molecule has 0 bridgehead atoms. The van der Waals surface area contributed by atoms with Gasteiger partial charge in [0.15, 0.2) is 0 Å². The number of aliphatic hydroxyl groups is 1. The molecule has 3 fully saturated rings. The predicted octanol–water partition coefficient (Wildman–Crippen LogP) is 0.223. The summed E-state index contributed by atoms with van der Waals surface area (Å²) in [4.78, 5) is 7.82. The van der Waals surface area contributed by atoms with E-state index >= 15 is 0 Å². The highest BCUT2D eigenvalue weighted by molar-refractivity contribution is 4.93. The van der Waals surface area contributed by atoms with Gasteiger partial charge in [-0.25, -0.2) is 0 Å². The van der Waals surface area contributed by atoms with Crippen LogP contribution >= 0.6 is 0 Å². The third-order valence-electron chi connectivity index (χ3n) is 5.08. The summed E-state index contributed by atoms with van der Waals surface area (Å²) in [5.41, 5.74) is 0. The Kier molecular flexibility index (Phi) is 4.19. The molecule has 3 saturated heterocycles. The van der Waals surface area contributed by atoms with Gasteiger partial charge < -0.3 is 5.11 Å². The molecular weight excluding hydrogens is 226 g/mol. The van der Waals surface area contributed by atoms with Crippen molar-refractivity contribution < 1.29 is 5.11 Å². The number of piperazine rings is 1. The zero-order valence-electron chi connectivity index (χ0n) is 11.4. The Balaban J connectivity index is 1.48. The number of rotatable bonds is 3. The number of piperidine rings is 1. The minimum absolute atomic E-state index is 0.305. The van der Waals surface area contributed by atoms with Crippen LogP contribution in [0.4, 0.5) is 0 Å². The van der Waals surface area contributed by atoms with E-state index in [1.165, 1.54) is 51.9 Å². The van der Waals surface area contributed by atoms with Gasteiger partial charge in [0, 0.05) is 51.4 Å². The monoisotopic (exact) mass is 253 g/mol. The largest absolute Gasteiger partial charge is 0.395 e. The molecule has 3 rings (SSSR count). The third kappa shape index (κ3) is 2.72. The molecule has 1 N–H and O–H groups in total. The second-order valence-electron chi connectivity index (χ2n) is 6.14. The Morgan fingerprint density at radius 1 is 0.889 bits per heavy atom. The van der Waals surface area contributed by atoms with Crippen molar-refractivity contribution in [3.63, 3.8) is 0 Å². The Morgan fingerprint density at radius 2 is 1.72 bits per heavy atom. The minimum atomic E-state index is 0.305.